The number of benzene rings is 1. The van der Waals surface area contributed by atoms with Crippen molar-refractivity contribution in [3.63, 3.8) is 0 Å². The highest BCUT2D eigenvalue weighted by Crippen LogP contribution is 2.18. The summed E-state index contributed by atoms with van der Waals surface area (Å²) in [5, 5.41) is 9.29. The van der Waals surface area contributed by atoms with Gasteiger partial charge in [-0.3, -0.25) is 4.79 Å². The van der Waals surface area contributed by atoms with Crippen LogP contribution in [0.15, 0.2) is 18.2 Å². The van der Waals surface area contributed by atoms with Crippen LogP contribution in [0.4, 0.5) is 0 Å². The highest BCUT2D eigenvalue weighted by Gasteiger charge is 2.09. The standard InChI is InChI=1S/C13H16N2O3/c1-3-18-13(17)7-10-4-5-11-12(6-10)15(8-16)9(2)14-11/h4-6,16H,3,7-8H2,1-2H3. The Hall–Kier alpha value is -1.88. The molecule has 5 nitrogen and oxygen atoms in total. The van der Waals surface area contributed by atoms with Crippen LogP contribution in [0.5, 0.6) is 0 Å². The van der Waals surface area contributed by atoms with E-state index in [4.69, 9.17) is 4.74 Å². The number of imidazole rings is 1. The van der Waals surface area contributed by atoms with Crippen LogP contribution in [-0.2, 0) is 22.7 Å². The van der Waals surface area contributed by atoms with Gasteiger partial charge in [0, 0.05) is 0 Å². The molecule has 0 saturated heterocycles. The zero-order valence-corrected chi connectivity index (χ0v) is 10.5. The van der Waals surface area contributed by atoms with Gasteiger partial charge < -0.3 is 14.4 Å². The fourth-order valence-electron chi connectivity index (χ4n) is 1.96. The molecular formula is C13H16N2O3. The summed E-state index contributed by atoms with van der Waals surface area (Å²) in [6.07, 6.45) is 0.236. The van der Waals surface area contributed by atoms with Gasteiger partial charge in [-0.25, -0.2) is 4.98 Å². The predicted molar refractivity (Wildman–Crippen MR) is 67.0 cm³/mol. The van der Waals surface area contributed by atoms with E-state index < -0.39 is 0 Å². The molecule has 2 rings (SSSR count). The Bertz CT molecular complexity index is 575. The lowest BCUT2D eigenvalue weighted by molar-refractivity contribution is -0.142. The van der Waals surface area contributed by atoms with Gasteiger partial charge in [0.25, 0.3) is 0 Å². The zero-order chi connectivity index (χ0) is 13.1. The number of aryl methyl sites for hydroxylation is 1. The predicted octanol–water partition coefficient (Wildman–Crippen LogP) is 1.40. The molecule has 0 spiro atoms. The van der Waals surface area contributed by atoms with E-state index in [1.54, 1.807) is 11.5 Å². The van der Waals surface area contributed by atoms with E-state index in [0.717, 1.165) is 22.4 Å². The molecule has 0 bridgehead atoms. The molecule has 0 unspecified atom stereocenters. The highest BCUT2D eigenvalue weighted by molar-refractivity contribution is 5.79. The molecule has 18 heavy (non-hydrogen) atoms. The summed E-state index contributed by atoms with van der Waals surface area (Å²) in [6.45, 7) is 3.88. The Balaban J connectivity index is 2.34. The highest BCUT2D eigenvalue weighted by atomic mass is 16.5. The molecule has 0 aliphatic rings. The molecule has 0 radical (unpaired) electrons. The minimum absolute atomic E-state index is 0.120. The maximum Gasteiger partial charge on any atom is 0.310 e. The Morgan fingerprint density at radius 1 is 1.50 bits per heavy atom. The van der Waals surface area contributed by atoms with Crippen LogP contribution in [0.1, 0.15) is 18.3 Å². The van der Waals surface area contributed by atoms with Gasteiger partial charge in [0.1, 0.15) is 12.6 Å². The summed E-state index contributed by atoms with van der Waals surface area (Å²) in [6, 6.07) is 5.57. The maximum atomic E-state index is 11.4. The topological polar surface area (TPSA) is 64.3 Å². The van der Waals surface area contributed by atoms with Gasteiger partial charge in [-0.15, -0.1) is 0 Å². The molecule has 1 aromatic heterocycles. The fraction of sp³-hybridized carbons (Fsp3) is 0.385. The summed E-state index contributed by atoms with van der Waals surface area (Å²) in [5.41, 5.74) is 2.50. The van der Waals surface area contributed by atoms with Crippen molar-refractivity contribution in [2.45, 2.75) is 27.0 Å². The van der Waals surface area contributed by atoms with E-state index in [0.29, 0.717) is 6.61 Å². The normalized spacial score (nSPS) is 10.8. The van der Waals surface area contributed by atoms with Crippen LogP contribution in [-0.4, -0.2) is 27.2 Å². The second-order valence-corrected chi connectivity index (χ2v) is 4.03. The first-order chi connectivity index (χ1) is 8.65. The summed E-state index contributed by atoms with van der Waals surface area (Å²) < 4.78 is 6.61. The van der Waals surface area contributed by atoms with Gasteiger partial charge >= 0.3 is 5.97 Å². The number of aliphatic hydroxyl groups is 1. The second kappa shape index (κ2) is 5.18. The van der Waals surface area contributed by atoms with E-state index in [1.807, 2.05) is 25.1 Å². The maximum absolute atomic E-state index is 11.4. The molecule has 1 heterocycles. The lowest BCUT2D eigenvalue weighted by atomic mass is 10.1. The molecule has 96 valence electrons. The van der Waals surface area contributed by atoms with Crippen LogP contribution < -0.4 is 0 Å². The number of aromatic nitrogens is 2. The van der Waals surface area contributed by atoms with E-state index in [2.05, 4.69) is 4.98 Å². The van der Waals surface area contributed by atoms with Crippen molar-refractivity contribution in [2.24, 2.45) is 0 Å². The fourth-order valence-corrected chi connectivity index (χ4v) is 1.96. The van der Waals surface area contributed by atoms with Crippen molar-refractivity contribution in [1.29, 1.82) is 0 Å². The third-order valence-electron chi connectivity index (χ3n) is 2.80. The first-order valence-corrected chi connectivity index (χ1v) is 5.88. The number of ether oxygens (including phenoxy) is 1. The number of fused-ring (bicyclic) bond motifs is 1. The Labute approximate surface area is 105 Å². The summed E-state index contributed by atoms with van der Waals surface area (Å²) in [7, 11) is 0. The van der Waals surface area contributed by atoms with Crippen LogP contribution in [0, 0.1) is 6.92 Å². The zero-order valence-electron chi connectivity index (χ0n) is 10.5. The third kappa shape index (κ3) is 2.36. The number of carbonyl (C=O) groups excluding carboxylic acids is 1. The van der Waals surface area contributed by atoms with Crippen molar-refractivity contribution in [3.8, 4) is 0 Å². The molecule has 0 aliphatic heterocycles. The van der Waals surface area contributed by atoms with Crippen LogP contribution >= 0.6 is 0 Å². The summed E-state index contributed by atoms with van der Waals surface area (Å²) >= 11 is 0. The smallest absolute Gasteiger partial charge is 0.310 e. The minimum Gasteiger partial charge on any atom is -0.466 e. The summed E-state index contributed by atoms with van der Waals surface area (Å²) in [4.78, 5) is 15.7. The van der Waals surface area contributed by atoms with E-state index in [-0.39, 0.29) is 19.1 Å². The summed E-state index contributed by atoms with van der Waals surface area (Å²) in [5.74, 6) is 0.504. The van der Waals surface area contributed by atoms with Crippen molar-refractivity contribution in [2.75, 3.05) is 6.61 Å². The van der Waals surface area contributed by atoms with Crippen LogP contribution in [0.3, 0.4) is 0 Å². The van der Waals surface area contributed by atoms with E-state index in [1.165, 1.54) is 0 Å². The number of esters is 1. The van der Waals surface area contributed by atoms with E-state index in [9.17, 15) is 9.90 Å². The third-order valence-corrected chi connectivity index (χ3v) is 2.80. The second-order valence-electron chi connectivity index (χ2n) is 4.03. The number of rotatable bonds is 4. The molecule has 5 heteroatoms. The van der Waals surface area contributed by atoms with Gasteiger partial charge in [-0.2, -0.15) is 0 Å². The molecule has 0 aliphatic carbocycles. The van der Waals surface area contributed by atoms with Gasteiger partial charge in [0.15, 0.2) is 0 Å². The van der Waals surface area contributed by atoms with Crippen molar-refractivity contribution >= 4 is 17.0 Å². The number of nitrogens with zero attached hydrogens (tertiary/aromatic N) is 2. The van der Waals surface area contributed by atoms with Crippen molar-refractivity contribution in [3.05, 3.63) is 29.6 Å². The van der Waals surface area contributed by atoms with Gasteiger partial charge in [0.2, 0.25) is 0 Å². The molecule has 0 amide bonds. The van der Waals surface area contributed by atoms with Crippen molar-refractivity contribution in [1.82, 2.24) is 9.55 Å². The molecule has 0 atom stereocenters. The SMILES string of the molecule is CCOC(=O)Cc1ccc2nc(C)n(CO)c2c1. The Kier molecular flexibility index (Phi) is 3.62. The number of aliphatic hydroxyl groups excluding tert-OH is 1. The van der Waals surface area contributed by atoms with Crippen LogP contribution in [0.2, 0.25) is 0 Å². The Morgan fingerprint density at radius 2 is 2.28 bits per heavy atom. The molecule has 1 N–H and O–H groups in total. The molecule has 0 saturated carbocycles. The van der Waals surface area contributed by atoms with Gasteiger partial charge in [-0.05, 0) is 31.5 Å². The molecule has 2 aromatic rings. The number of carbonyl (C=O) groups is 1. The van der Waals surface area contributed by atoms with Crippen LogP contribution in [0.25, 0.3) is 11.0 Å². The minimum atomic E-state index is -0.247. The molecule has 1 aromatic carbocycles. The van der Waals surface area contributed by atoms with Gasteiger partial charge in [-0.1, -0.05) is 6.07 Å². The number of hydrogen-bond donors (Lipinski definition) is 1. The lowest BCUT2D eigenvalue weighted by Gasteiger charge is -2.04. The first kappa shape index (κ1) is 12.6. The van der Waals surface area contributed by atoms with Crippen molar-refractivity contribution < 1.29 is 14.6 Å². The first-order valence-electron chi connectivity index (χ1n) is 5.88. The quantitative estimate of drug-likeness (QED) is 0.831. The van der Waals surface area contributed by atoms with Gasteiger partial charge in [0.05, 0.1) is 24.1 Å². The lowest BCUT2D eigenvalue weighted by Crippen LogP contribution is -2.07. The van der Waals surface area contributed by atoms with E-state index >= 15 is 0 Å². The monoisotopic (exact) mass is 248 g/mol. The molecular weight excluding hydrogens is 232 g/mol. The average Bonchev–Trinajstić information content (AvgIpc) is 2.64. The molecule has 0 fully saturated rings. The number of hydrogen-bond acceptors (Lipinski definition) is 4. The Morgan fingerprint density at radius 3 is 2.94 bits per heavy atom. The average molecular weight is 248 g/mol. The largest absolute Gasteiger partial charge is 0.466 e.